The number of hydrogen-bond donors (Lipinski definition) is 2. The van der Waals surface area contributed by atoms with Gasteiger partial charge in [0.2, 0.25) is 0 Å². The number of aliphatic hydroxyl groups excluding tert-OH is 1. The van der Waals surface area contributed by atoms with Crippen LogP contribution in [0.1, 0.15) is 65.2 Å². The molecule has 0 aromatic carbocycles. The molecule has 0 radical (unpaired) electrons. The second-order valence-electron chi connectivity index (χ2n) is 5.17. The van der Waals surface area contributed by atoms with Crippen LogP contribution in [0.4, 0.5) is 0 Å². The van der Waals surface area contributed by atoms with Crippen LogP contribution in [0.5, 0.6) is 0 Å². The zero-order valence-corrected chi connectivity index (χ0v) is 13.4. The monoisotopic (exact) mass is 275 g/mol. The minimum atomic E-state index is 0.271. The molecule has 18 heavy (non-hydrogen) atoms. The summed E-state index contributed by atoms with van der Waals surface area (Å²) in [4.78, 5) is 0. The molecule has 0 aliphatic carbocycles. The Kier molecular flexibility index (Phi) is 13.9. The molecule has 0 rings (SSSR count). The molecule has 0 aliphatic heterocycles. The van der Waals surface area contributed by atoms with E-state index in [1.54, 1.807) is 11.8 Å². The van der Waals surface area contributed by atoms with Gasteiger partial charge >= 0.3 is 0 Å². The van der Waals surface area contributed by atoms with Crippen molar-refractivity contribution in [3.8, 4) is 0 Å². The van der Waals surface area contributed by atoms with E-state index < -0.39 is 0 Å². The van der Waals surface area contributed by atoms with Gasteiger partial charge in [-0.3, -0.25) is 0 Å². The molecule has 2 atom stereocenters. The maximum absolute atomic E-state index is 9.18. The fourth-order valence-electron chi connectivity index (χ4n) is 2.16. The van der Waals surface area contributed by atoms with Gasteiger partial charge in [0.05, 0.1) is 6.61 Å². The van der Waals surface area contributed by atoms with Gasteiger partial charge in [0.25, 0.3) is 0 Å². The van der Waals surface area contributed by atoms with Crippen molar-refractivity contribution in [3.05, 3.63) is 0 Å². The molecule has 0 fully saturated rings. The van der Waals surface area contributed by atoms with Gasteiger partial charge in [0.1, 0.15) is 0 Å². The molecule has 0 saturated carbocycles. The summed E-state index contributed by atoms with van der Waals surface area (Å²) in [5, 5.41) is 13.0. The topological polar surface area (TPSA) is 32.3 Å². The Morgan fingerprint density at radius 1 is 1.00 bits per heavy atom. The lowest BCUT2D eigenvalue weighted by Gasteiger charge is -2.21. The Morgan fingerprint density at radius 2 is 1.56 bits per heavy atom. The van der Waals surface area contributed by atoms with E-state index in [9.17, 15) is 5.11 Å². The van der Waals surface area contributed by atoms with Gasteiger partial charge in [0, 0.05) is 11.3 Å². The molecule has 0 aliphatic rings. The SMILES string of the molecule is CCCCCCCCCCNC(C)C(CO)SC. The van der Waals surface area contributed by atoms with Crippen molar-refractivity contribution < 1.29 is 5.11 Å². The van der Waals surface area contributed by atoms with Crippen molar-refractivity contribution in [2.24, 2.45) is 0 Å². The van der Waals surface area contributed by atoms with Gasteiger partial charge in [-0.15, -0.1) is 0 Å². The summed E-state index contributed by atoms with van der Waals surface area (Å²) >= 11 is 1.75. The minimum absolute atomic E-state index is 0.271. The van der Waals surface area contributed by atoms with Crippen molar-refractivity contribution in [2.75, 3.05) is 19.4 Å². The van der Waals surface area contributed by atoms with Crippen molar-refractivity contribution in [1.82, 2.24) is 5.32 Å². The smallest absolute Gasteiger partial charge is 0.0564 e. The highest BCUT2D eigenvalue weighted by Gasteiger charge is 2.13. The summed E-state index contributed by atoms with van der Waals surface area (Å²) in [6.45, 7) is 5.79. The Morgan fingerprint density at radius 3 is 2.06 bits per heavy atom. The summed E-state index contributed by atoms with van der Waals surface area (Å²) in [5.41, 5.74) is 0. The van der Waals surface area contributed by atoms with Gasteiger partial charge in [-0.25, -0.2) is 0 Å². The number of thioether (sulfide) groups is 1. The van der Waals surface area contributed by atoms with Gasteiger partial charge in [-0.1, -0.05) is 51.9 Å². The predicted molar refractivity (Wildman–Crippen MR) is 84.5 cm³/mol. The van der Waals surface area contributed by atoms with Crippen LogP contribution in [-0.4, -0.2) is 35.8 Å². The number of aliphatic hydroxyl groups is 1. The summed E-state index contributed by atoms with van der Waals surface area (Å²) in [7, 11) is 0. The van der Waals surface area contributed by atoms with E-state index >= 15 is 0 Å². The number of nitrogens with one attached hydrogen (secondary N) is 1. The molecular weight excluding hydrogens is 242 g/mol. The van der Waals surface area contributed by atoms with E-state index in [0.29, 0.717) is 11.3 Å². The van der Waals surface area contributed by atoms with E-state index in [-0.39, 0.29) is 6.61 Å². The van der Waals surface area contributed by atoms with Gasteiger partial charge in [-0.05, 0) is 26.1 Å². The van der Waals surface area contributed by atoms with Gasteiger partial charge in [-0.2, -0.15) is 11.8 Å². The van der Waals surface area contributed by atoms with Crippen LogP contribution in [0.15, 0.2) is 0 Å². The first kappa shape index (κ1) is 18.3. The van der Waals surface area contributed by atoms with Crippen LogP contribution in [0.25, 0.3) is 0 Å². The Hall–Kier alpha value is 0.270. The standard InChI is InChI=1S/C15H33NOS/c1-4-5-6-7-8-9-10-11-12-16-14(2)15(13-17)18-3/h14-17H,4-13H2,1-3H3. The van der Waals surface area contributed by atoms with Crippen LogP contribution in [0.2, 0.25) is 0 Å². The van der Waals surface area contributed by atoms with Crippen molar-refractivity contribution in [1.29, 1.82) is 0 Å². The van der Waals surface area contributed by atoms with Gasteiger partial charge < -0.3 is 10.4 Å². The quantitative estimate of drug-likeness (QED) is 0.501. The summed E-state index contributed by atoms with van der Waals surface area (Å²) < 4.78 is 0. The molecule has 0 saturated heterocycles. The van der Waals surface area contributed by atoms with Crippen LogP contribution in [0.3, 0.4) is 0 Å². The van der Waals surface area contributed by atoms with E-state index in [2.05, 4.69) is 25.4 Å². The summed E-state index contributed by atoms with van der Waals surface area (Å²) in [6.07, 6.45) is 13.0. The third-order valence-electron chi connectivity index (χ3n) is 3.54. The molecule has 0 aromatic rings. The van der Waals surface area contributed by atoms with E-state index in [1.807, 2.05) is 0 Å². The highest BCUT2D eigenvalue weighted by molar-refractivity contribution is 7.99. The molecule has 2 nitrogen and oxygen atoms in total. The number of hydrogen-bond acceptors (Lipinski definition) is 3. The molecule has 110 valence electrons. The fraction of sp³-hybridized carbons (Fsp3) is 1.00. The first-order valence-electron chi connectivity index (χ1n) is 7.63. The zero-order chi connectivity index (χ0) is 13.6. The van der Waals surface area contributed by atoms with Crippen LogP contribution in [0, 0.1) is 0 Å². The maximum Gasteiger partial charge on any atom is 0.0564 e. The highest BCUT2D eigenvalue weighted by atomic mass is 32.2. The Bertz CT molecular complexity index is 163. The molecular formula is C15H33NOS. The molecule has 0 heterocycles. The molecule has 0 spiro atoms. The third-order valence-corrected chi connectivity index (χ3v) is 4.70. The van der Waals surface area contributed by atoms with E-state index in [0.717, 1.165) is 6.54 Å². The lowest BCUT2D eigenvalue weighted by molar-refractivity contribution is 0.276. The minimum Gasteiger partial charge on any atom is -0.395 e. The number of unbranched alkanes of at least 4 members (excludes halogenated alkanes) is 7. The third kappa shape index (κ3) is 10.2. The second kappa shape index (κ2) is 13.7. The molecule has 0 amide bonds. The van der Waals surface area contributed by atoms with Crippen LogP contribution in [-0.2, 0) is 0 Å². The summed E-state index contributed by atoms with van der Waals surface area (Å²) in [5.74, 6) is 0. The zero-order valence-electron chi connectivity index (χ0n) is 12.6. The molecule has 0 bridgehead atoms. The first-order valence-corrected chi connectivity index (χ1v) is 8.92. The normalized spacial score (nSPS) is 14.7. The number of rotatable bonds is 13. The van der Waals surface area contributed by atoms with Crippen LogP contribution < -0.4 is 5.32 Å². The largest absolute Gasteiger partial charge is 0.395 e. The molecule has 2 N–H and O–H groups in total. The molecule has 2 unspecified atom stereocenters. The average molecular weight is 276 g/mol. The summed E-state index contributed by atoms with van der Waals surface area (Å²) in [6, 6.07) is 0.412. The molecule has 0 aromatic heterocycles. The first-order chi connectivity index (χ1) is 8.76. The van der Waals surface area contributed by atoms with Gasteiger partial charge in [0.15, 0.2) is 0 Å². The van der Waals surface area contributed by atoms with E-state index in [4.69, 9.17) is 0 Å². The average Bonchev–Trinajstić information content (AvgIpc) is 2.38. The fourth-order valence-corrected chi connectivity index (χ4v) is 2.81. The van der Waals surface area contributed by atoms with Crippen LogP contribution >= 0.6 is 11.8 Å². The van der Waals surface area contributed by atoms with Crippen molar-refractivity contribution in [2.45, 2.75) is 76.5 Å². The van der Waals surface area contributed by atoms with E-state index in [1.165, 1.54) is 51.4 Å². The highest BCUT2D eigenvalue weighted by Crippen LogP contribution is 2.11. The maximum atomic E-state index is 9.18. The Labute approximate surface area is 118 Å². The molecule has 3 heteroatoms. The predicted octanol–water partition coefficient (Wildman–Crippen LogP) is 3.83. The Balaban J connectivity index is 3.24. The lowest BCUT2D eigenvalue weighted by atomic mass is 10.1. The lowest BCUT2D eigenvalue weighted by Crippen LogP contribution is -2.37. The van der Waals surface area contributed by atoms with Crippen molar-refractivity contribution in [3.63, 3.8) is 0 Å². The van der Waals surface area contributed by atoms with Crippen molar-refractivity contribution >= 4 is 11.8 Å². The second-order valence-corrected chi connectivity index (χ2v) is 6.25.